The van der Waals surface area contributed by atoms with Gasteiger partial charge in [-0.3, -0.25) is 4.98 Å². The molecule has 2 unspecified atom stereocenters. The Morgan fingerprint density at radius 1 is 0.688 bits per heavy atom. The molecule has 0 aliphatic heterocycles. The Bertz CT molecular complexity index is 1510. The molecule has 32 heavy (non-hydrogen) atoms. The maximum Gasteiger partial charge on any atom is 0.0712 e. The topological polar surface area (TPSA) is 25.8 Å². The summed E-state index contributed by atoms with van der Waals surface area (Å²) in [5, 5.41) is 1.17. The number of nitrogens with zero attached hydrogens (tertiary/aromatic N) is 2. The summed E-state index contributed by atoms with van der Waals surface area (Å²) < 4.78 is 0. The Morgan fingerprint density at radius 2 is 1.56 bits per heavy atom. The molecule has 150 valence electrons. The lowest BCUT2D eigenvalue weighted by Crippen LogP contribution is -2.30. The fourth-order valence-corrected chi connectivity index (χ4v) is 5.51. The van der Waals surface area contributed by atoms with Crippen LogP contribution in [0.2, 0.25) is 0 Å². The van der Waals surface area contributed by atoms with Gasteiger partial charge in [-0.1, -0.05) is 78.9 Å². The van der Waals surface area contributed by atoms with Crippen molar-refractivity contribution < 1.29 is 0 Å². The van der Waals surface area contributed by atoms with Crippen LogP contribution in [0.3, 0.4) is 0 Å². The molecule has 2 atom stereocenters. The van der Waals surface area contributed by atoms with Crippen molar-refractivity contribution in [3.8, 4) is 0 Å². The molecule has 0 amide bonds. The van der Waals surface area contributed by atoms with Crippen LogP contribution in [-0.2, 0) is 0 Å². The fourth-order valence-electron chi connectivity index (χ4n) is 5.51. The van der Waals surface area contributed by atoms with Crippen LogP contribution in [0.1, 0.15) is 11.3 Å². The molecule has 1 aromatic carbocycles. The Morgan fingerprint density at radius 3 is 2.50 bits per heavy atom. The first kappa shape index (κ1) is 17.6. The summed E-state index contributed by atoms with van der Waals surface area (Å²) in [5.74, 6) is 0.649. The quantitative estimate of drug-likeness (QED) is 0.475. The number of para-hydroxylation sites is 1. The molecule has 7 rings (SSSR count). The van der Waals surface area contributed by atoms with Gasteiger partial charge in [0.1, 0.15) is 0 Å². The predicted octanol–water partition coefficient (Wildman–Crippen LogP) is 6.65. The highest BCUT2D eigenvalue weighted by Crippen LogP contribution is 2.53. The molecule has 0 fully saturated rings. The smallest absolute Gasteiger partial charge is 0.0712 e. The van der Waals surface area contributed by atoms with Gasteiger partial charge in [-0.25, -0.2) is 4.98 Å². The Hall–Kier alpha value is -4.04. The monoisotopic (exact) mass is 408 g/mol. The van der Waals surface area contributed by atoms with Gasteiger partial charge in [0.05, 0.1) is 11.2 Å². The van der Waals surface area contributed by atoms with E-state index in [2.05, 4.69) is 96.1 Å². The van der Waals surface area contributed by atoms with Crippen LogP contribution in [0, 0.1) is 11.8 Å². The first-order chi connectivity index (χ1) is 15.9. The summed E-state index contributed by atoms with van der Waals surface area (Å²) in [6.45, 7) is 0. The van der Waals surface area contributed by atoms with Crippen LogP contribution < -0.4 is 0 Å². The van der Waals surface area contributed by atoms with Crippen molar-refractivity contribution in [2.75, 3.05) is 0 Å². The lowest BCUT2D eigenvalue weighted by molar-refractivity contribution is 0.569. The van der Waals surface area contributed by atoms with Gasteiger partial charge >= 0.3 is 0 Å². The second-order valence-electron chi connectivity index (χ2n) is 8.66. The lowest BCUT2D eigenvalue weighted by atomic mass is 9.61. The van der Waals surface area contributed by atoms with E-state index >= 15 is 0 Å². The number of fused-ring (bicyclic) bond motifs is 1. The molecule has 0 bridgehead atoms. The van der Waals surface area contributed by atoms with Crippen LogP contribution >= 0.6 is 0 Å². The second-order valence-corrected chi connectivity index (χ2v) is 8.66. The Labute approximate surface area is 187 Å². The highest BCUT2D eigenvalue weighted by Gasteiger charge is 2.40. The molecule has 0 saturated carbocycles. The number of rotatable bonds is 2. The van der Waals surface area contributed by atoms with Gasteiger partial charge in [-0.15, -0.1) is 0 Å². The number of hydrogen-bond acceptors (Lipinski definition) is 2. The van der Waals surface area contributed by atoms with E-state index in [1.54, 1.807) is 0 Å². The van der Waals surface area contributed by atoms with E-state index in [1.807, 2.05) is 18.5 Å². The third-order valence-electron chi connectivity index (χ3n) is 6.99. The number of benzene rings is 1. The number of hydrogen-bond donors (Lipinski definition) is 0. The van der Waals surface area contributed by atoms with Crippen LogP contribution in [0.25, 0.3) is 22.0 Å². The van der Waals surface area contributed by atoms with Gasteiger partial charge in [-0.2, -0.15) is 0 Å². The molecule has 4 aliphatic carbocycles. The van der Waals surface area contributed by atoms with Crippen molar-refractivity contribution in [2.45, 2.75) is 0 Å². The van der Waals surface area contributed by atoms with Gasteiger partial charge in [0.25, 0.3) is 0 Å². The van der Waals surface area contributed by atoms with E-state index in [0.29, 0.717) is 11.8 Å². The van der Waals surface area contributed by atoms with Crippen molar-refractivity contribution in [1.29, 1.82) is 0 Å². The maximum atomic E-state index is 5.01. The van der Waals surface area contributed by atoms with Gasteiger partial charge in [0.15, 0.2) is 0 Å². The average Bonchev–Trinajstić information content (AvgIpc) is 2.87. The summed E-state index contributed by atoms with van der Waals surface area (Å²) in [5.41, 5.74) is 11.3. The molecule has 2 heterocycles. The van der Waals surface area contributed by atoms with Crippen molar-refractivity contribution >= 4 is 22.0 Å². The minimum atomic E-state index is 0.319. The van der Waals surface area contributed by atoms with Crippen molar-refractivity contribution in [2.24, 2.45) is 11.8 Å². The molecule has 2 heteroatoms. The van der Waals surface area contributed by atoms with E-state index in [0.717, 1.165) is 11.2 Å². The molecular formula is C30H20N2. The molecule has 0 N–H and O–H groups in total. The van der Waals surface area contributed by atoms with E-state index in [4.69, 9.17) is 4.98 Å². The summed E-state index contributed by atoms with van der Waals surface area (Å²) in [6, 6.07) is 16.8. The van der Waals surface area contributed by atoms with E-state index in [9.17, 15) is 0 Å². The zero-order chi connectivity index (χ0) is 21.1. The van der Waals surface area contributed by atoms with Crippen LogP contribution in [-0.4, -0.2) is 9.97 Å². The normalized spacial score (nSPS) is 22.8. The van der Waals surface area contributed by atoms with E-state index in [-0.39, 0.29) is 0 Å². The van der Waals surface area contributed by atoms with Crippen molar-refractivity contribution in [3.05, 3.63) is 143 Å². The van der Waals surface area contributed by atoms with E-state index < -0.39 is 0 Å². The minimum absolute atomic E-state index is 0.319. The summed E-state index contributed by atoms with van der Waals surface area (Å²) in [7, 11) is 0. The molecule has 2 aromatic heterocycles. The summed E-state index contributed by atoms with van der Waals surface area (Å²) in [6.07, 6.45) is 22.1. The molecular weight excluding hydrogens is 388 g/mol. The Balaban J connectivity index is 1.39. The number of aromatic nitrogens is 2. The summed E-state index contributed by atoms with van der Waals surface area (Å²) >= 11 is 0. The van der Waals surface area contributed by atoms with Gasteiger partial charge in [-0.05, 0) is 46.1 Å². The van der Waals surface area contributed by atoms with Crippen molar-refractivity contribution in [3.63, 3.8) is 0 Å². The molecule has 4 aliphatic rings. The molecule has 3 aromatic rings. The van der Waals surface area contributed by atoms with Gasteiger partial charge in [0.2, 0.25) is 0 Å². The third kappa shape index (κ3) is 2.53. The maximum absolute atomic E-state index is 5.01. The van der Waals surface area contributed by atoms with E-state index in [1.165, 1.54) is 44.4 Å². The van der Waals surface area contributed by atoms with Gasteiger partial charge < -0.3 is 0 Å². The summed E-state index contributed by atoms with van der Waals surface area (Å²) in [4.78, 5) is 9.36. The Kier molecular flexibility index (Phi) is 3.71. The average molecular weight is 409 g/mol. The molecule has 0 radical (unpaired) electrons. The largest absolute Gasteiger partial charge is 0.264 e. The third-order valence-corrected chi connectivity index (χ3v) is 6.99. The standard InChI is InChI=1S/C30H20N2/c1-2-6-27-19(4-1)11-16-28(32-27)24-13-8-21-9-14-25-23(22-5-3-17-31-18-22)12-7-20-10-15-26(24)30(21)29(20)25/h1-18,29-30H. The first-order valence-electron chi connectivity index (χ1n) is 11.1. The van der Waals surface area contributed by atoms with Crippen LogP contribution in [0.5, 0.6) is 0 Å². The van der Waals surface area contributed by atoms with Crippen LogP contribution in [0.4, 0.5) is 0 Å². The predicted molar refractivity (Wildman–Crippen MR) is 130 cm³/mol. The SMILES string of the molecule is C1=CC2=C(c3cccnc3)C=CC3=CC=C4C(c5ccc6ccccc6n5)=CC=C1C4C32. The van der Waals surface area contributed by atoms with Gasteiger partial charge in [0, 0.05) is 40.8 Å². The fraction of sp³-hybridized carbons (Fsp3) is 0.0667. The molecule has 0 saturated heterocycles. The first-order valence-corrected chi connectivity index (χ1v) is 11.1. The minimum Gasteiger partial charge on any atom is -0.264 e. The molecule has 2 nitrogen and oxygen atoms in total. The second kappa shape index (κ2) is 6.73. The van der Waals surface area contributed by atoms with Crippen molar-refractivity contribution in [1.82, 2.24) is 9.97 Å². The zero-order valence-corrected chi connectivity index (χ0v) is 17.4. The molecule has 0 spiro atoms. The lowest BCUT2D eigenvalue weighted by Gasteiger charge is -2.42. The highest BCUT2D eigenvalue weighted by atomic mass is 14.7. The zero-order valence-electron chi connectivity index (χ0n) is 17.4. The van der Waals surface area contributed by atoms with Crippen LogP contribution in [0.15, 0.2) is 132 Å². The number of pyridine rings is 2. The highest BCUT2D eigenvalue weighted by molar-refractivity contribution is 5.90. The number of allylic oxidation sites excluding steroid dienone is 14.